The molecule has 11 heteroatoms. The highest BCUT2D eigenvalue weighted by Crippen LogP contribution is 2.41. The number of carboxylic acids is 2. The number of aromatic amines is 1. The molecule has 0 aliphatic rings. The van der Waals surface area contributed by atoms with Gasteiger partial charge in [-0.2, -0.15) is 0 Å². The number of rotatable bonds is 6. The Morgan fingerprint density at radius 3 is 2.23 bits per heavy atom. The van der Waals surface area contributed by atoms with Gasteiger partial charge < -0.3 is 20.9 Å². The molecular weight excluding hydrogens is 414 g/mol. The van der Waals surface area contributed by atoms with Crippen LogP contribution in [0.1, 0.15) is 20.7 Å². The molecule has 0 amide bonds. The third-order valence-corrected chi connectivity index (χ3v) is 5.17. The number of hydrogen-bond donors (Lipinski definition) is 4. The molecule has 0 fully saturated rings. The molecule has 0 atom stereocenters. The second-order valence-corrected chi connectivity index (χ2v) is 7.07. The van der Waals surface area contributed by atoms with E-state index in [4.69, 9.17) is 5.73 Å². The molecule has 2 aromatic carbocycles. The van der Waals surface area contributed by atoms with E-state index in [9.17, 15) is 34.7 Å². The minimum Gasteiger partial charge on any atom is -0.478 e. The average Bonchev–Trinajstić information content (AvgIpc) is 2.67. The summed E-state index contributed by atoms with van der Waals surface area (Å²) in [6, 6.07) is 12.4. The Balaban J connectivity index is 2.42. The summed E-state index contributed by atoms with van der Waals surface area (Å²) in [7, 11) is 0. The van der Waals surface area contributed by atoms with Crippen LogP contribution in [0.5, 0.6) is 0 Å². The van der Waals surface area contributed by atoms with Crippen molar-refractivity contribution >= 4 is 35.2 Å². The lowest BCUT2D eigenvalue weighted by molar-refractivity contribution is -0.384. The minimum atomic E-state index is -1.70. The van der Waals surface area contributed by atoms with Crippen molar-refractivity contribution in [3.05, 3.63) is 80.1 Å². The monoisotopic (exact) mass is 427 g/mol. The van der Waals surface area contributed by atoms with Gasteiger partial charge in [-0.05, 0) is 18.2 Å². The van der Waals surface area contributed by atoms with Crippen molar-refractivity contribution in [1.29, 1.82) is 0 Å². The van der Waals surface area contributed by atoms with Gasteiger partial charge >= 0.3 is 11.9 Å². The molecule has 0 aliphatic carbocycles. The van der Waals surface area contributed by atoms with Crippen LogP contribution < -0.4 is 11.3 Å². The van der Waals surface area contributed by atoms with Crippen LogP contribution in [0.15, 0.2) is 63.1 Å². The van der Waals surface area contributed by atoms with Gasteiger partial charge in [-0.15, -0.1) is 0 Å². The van der Waals surface area contributed by atoms with Crippen LogP contribution in [0.2, 0.25) is 0 Å². The number of aromatic carboxylic acids is 2. The van der Waals surface area contributed by atoms with Crippen LogP contribution in [-0.2, 0) is 0 Å². The summed E-state index contributed by atoms with van der Waals surface area (Å²) in [4.78, 5) is 49.5. The van der Waals surface area contributed by atoms with E-state index in [0.29, 0.717) is 9.79 Å². The molecule has 1 aromatic heterocycles. The number of carbonyl (C=O) groups is 2. The maximum absolute atomic E-state index is 12.3. The van der Waals surface area contributed by atoms with E-state index in [0.717, 1.165) is 17.8 Å². The van der Waals surface area contributed by atoms with Gasteiger partial charge in [-0.25, -0.2) is 9.59 Å². The lowest BCUT2D eigenvalue weighted by Gasteiger charge is -2.15. The van der Waals surface area contributed by atoms with Crippen molar-refractivity contribution < 1.29 is 24.7 Å². The number of nitro groups is 1. The van der Waals surface area contributed by atoms with Crippen LogP contribution in [0, 0.1) is 10.1 Å². The molecule has 0 radical (unpaired) electrons. The van der Waals surface area contributed by atoms with Crippen molar-refractivity contribution in [3.8, 4) is 11.1 Å². The SMILES string of the molecule is Nc1[nH]c(=O)c(C(=O)O)c(-c2cc([N+](=O)[O-])ccc2Sc2ccccc2)c1C(=O)O. The zero-order valence-corrected chi connectivity index (χ0v) is 15.8. The first-order valence-corrected chi connectivity index (χ1v) is 9.06. The summed E-state index contributed by atoms with van der Waals surface area (Å²) >= 11 is 1.12. The second kappa shape index (κ2) is 8.09. The molecule has 30 heavy (non-hydrogen) atoms. The predicted octanol–water partition coefficient (Wildman–Crippen LogP) is 3.08. The van der Waals surface area contributed by atoms with Crippen molar-refractivity contribution in [2.75, 3.05) is 5.73 Å². The number of benzene rings is 2. The fraction of sp³-hybridized carbons (Fsp3) is 0. The molecule has 152 valence electrons. The molecule has 5 N–H and O–H groups in total. The minimum absolute atomic E-state index is 0.106. The highest BCUT2D eigenvalue weighted by atomic mass is 32.2. The van der Waals surface area contributed by atoms with Gasteiger partial charge in [0, 0.05) is 33.1 Å². The molecule has 0 bridgehead atoms. The summed E-state index contributed by atoms with van der Waals surface area (Å²) in [5.41, 5.74) is 1.98. The van der Waals surface area contributed by atoms with E-state index >= 15 is 0 Å². The number of nitrogens with one attached hydrogen (secondary N) is 1. The highest BCUT2D eigenvalue weighted by molar-refractivity contribution is 7.99. The number of anilines is 1. The van der Waals surface area contributed by atoms with Gasteiger partial charge in [0.25, 0.3) is 11.2 Å². The molecule has 0 spiro atoms. The zero-order valence-electron chi connectivity index (χ0n) is 15.0. The third-order valence-electron chi connectivity index (χ3n) is 4.09. The number of hydrogen-bond acceptors (Lipinski definition) is 7. The largest absolute Gasteiger partial charge is 0.478 e. The summed E-state index contributed by atoms with van der Waals surface area (Å²) in [6.07, 6.45) is 0. The number of nitrogen functional groups attached to an aromatic ring is 1. The Hall–Kier alpha value is -4.12. The Labute approximate surface area is 172 Å². The van der Waals surface area contributed by atoms with E-state index in [1.54, 1.807) is 30.3 Å². The average molecular weight is 427 g/mol. The summed E-state index contributed by atoms with van der Waals surface area (Å²) < 4.78 is 0. The molecule has 0 saturated carbocycles. The van der Waals surface area contributed by atoms with Crippen molar-refractivity contribution in [3.63, 3.8) is 0 Å². The predicted molar refractivity (Wildman–Crippen MR) is 108 cm³/mol. The van der Waals surface area contributed by atoms with Crippen LogP contribution in [-0.4, -0.2) is 32.1 Å². The van der Waals surface area contributed by atoms with Gasteiger partial charge in [0.15, 0.2) is 0 Å². The Kier molecular flexibility index (Phi) is 5.56. The van der Waals surface area contributed by atoms with E-state index in [1.165, 1.54) is 12.1 Å². The Bertz CT molecular complexity index is 1240. The number of H-pyrrole nitrogens is 1. The summed E-state index contributed by atoms with van der Waals surface area (Å²) in [5, 5.41) is 30.5. The number of nitro benzene ring substituents is 1. The highest BCUT2D eigenvalue weighted by Gasteiger charge is 2.29. The normalized spacial score (nSPS) is 10.5. The molecule has 0 saturated heterocycles. The van der Waals surface area contributed by atoms with Crippen molar-refractivity contribution in [2.45, 2.75) is 9.79 Å². The summed E-state index contributed by atoms with van der Waals surface area (Å²) in [6.45, 7) is 0. The standard InChI is InChI=1S/C19H13N3O7S/c20-16-14(18(24)25)13(15(19(26)27)17(23)21-16)11-8-9(22(28)29)6-7-12(11)30-10-4-2-1-3-5-10/h1-8H,(H,24,25)(H,26,27)(H3,20,21,23). The van der Waals surface area contributed by atoms with Crippen LogP contribution in [0.3, 0.4) is 0 Å². The molecule has 1 heterocycles. The number of nitrogens with zero attached hydrogens (tertiary/aromatic N) is 1. The van der Waals surface area contributed by atoms with Crippen LogP contribution in [0.25, 0.3) is 11.1 Å². The fourth-order valence-electron chi connectivity index (χ4n) is 2.85. The Morgan fingerprint density at radius 2 is 1.67 bits per heavy atom. The van der Waals surface area contributed by atoms with E-state index in [1.807, 2.05) is 4.98 Å². The lowest BCUT2D eigenvalue weighted by Crippen LogP contribution is -2.24. The first-order valence-electron chi connectivity index (χ1n) is 8.24. The number of non-ortho nitro benzene ring substituents is 1. The van der Waals surface area contributed by atoms with E-state index < -0.39 is 50.6 Å². The maximum atomic E-state index is 12.3. The van der Waals surface area contributed by atoms with Crippen molar-refractivity contribution in [2.24, 2.45) is 0 Å². The lowest BCUT2D eigenvalue weighted by atomic mass is 9.95. The van der Waals surface area contributed by atoms with Crippen molar-refractivity contribution in [1.82, 2.24) is 4.98 Å². The molecule has 10 nitrogen and oxygen atoms in total. The molecule has 0 aliphatic heterocycles. The van der Waals surface area contributed by atoms with E-state index in [2.05, 4.69) is 0 Å². The smallest absolute Gasteiger partial charge is 0.342 e. The van der Waals surface area contributed by atoms with Crippen LogP contribution in [0.4, 0.5) is 11.5 Å². The van der Waals surface area contributed by atoms with Gasteiger partial charge in [0.2, 0.25) is 0 Å². The number of pyridine rings is 1. The topological polar surface area (TPSA) is 177 Å². The molecular formula is C19H13N3O7S. The molecule has 0 unspecified atom stereocenters. The molecule has 3 rings (SSSR count). The van der Waals surface area contributed by atoms with Gasteiger partial charge in [-0.1, -0.05) is 30.0 Å². The first kappa shape index (κ1) is 20.6. The number of aromatic nitrogens is 1. The third kappa shape index (κ3) is 3.86. The zero-order chi connectivity index (χ0) is 22.0. The number of nitrogens with two attached hydrogens (primary N) is 1. The van der Waals surface area contributed by atoms with E-state index in [-0.39, 0.29) is 5.56 Å². The molecule has 3 aromatic rings. The first-order chi connectivity index (χ1) is 14.2. The van der Waals surface area contributed by atoms with Gasteiger partial charge in [-0.3, -0.25) is 14.9 Å². The second-order valence-electron chi connectivity index (χ2n) is 5.96. The van der Waals surface area contributed by atoms with Gasteiger partial charge in [0.1, 0.15) is 16.9 Å². The number of carboxylic acid groups (broad SMARTS) is 2. The Morgan fingerprint density at radius 1 is 1.03 bits per heavy atom. The fourth-order valence-corrected chi connectivity index (χ4v) is 3.80. The van der Waals surface area contributed by atoms with Crippen LogP contribution >= 0.6 is 11.8 Å². The maximum Gasteiger partial charge on any atom is 0.342 e. The quantitative estimate of drug-likeness (QED) is 0.340. The van der Waals surface area contributed by atoms with Gasteiger partial charge in [0.05, 0.1) is 4.92 Å². The summed E-state index contributed by atoms with van der Waals surface area (Å²) in [5.74, 6) is -3.85.